The van der Waals surface area contributed by atoms with Crippen LogP contribution >= 0.6 is 0 Å². The minimum Gasteiger partial charge on any atom is -0.464 e. The minimum absolute atomic E-state index is 0.217. The predicted molar refractivity (Wildman–Crippen MR) is 75.1 cm³/mol. The molecule has 0 bridgehead atoms. The molecule has 3 nitrogen and oxygen atoms in total. The lowest BCUT2D eigenvalue weighted by Gasteiger charge is -2.51. The Bertz CT molecular complexity index is 451. The smallest absolute Gasteiger partial charge is 0.117 e. The van der Waals surface area contributed by atoms with Crippen molar-refractivity contribution >= 4 is 0 Å². The molecule has 2 saturated carbocycles. The Balaban J connectivity index is 1.52. The zero-order valence-electron chi connectivity index (χ0n) is 12.4. The first-order chi connectivity index (χ1) is 9.02. The van der Waals surface area contributed by atoms with Crippen molar-refractivity contribution in [3.05, 3.63) is 23.7 Å². The predicted octanol–water partition coefficient (Wildman–Crippen LogP) is 3.31. The van der Waals surface area contributed by atoms with E-state index in [1.165, 1.54) is 12.2 Å². The van der Waals surface area contributed by atoms with Gasteiger partial charge in [-0.3, -0.25) is 0 Å². The third kappa shape index (κ3) is 2.34. The average Bonchev–Trinajstić information content (AvgIpc) is 2.90. The molecule has 0 aromatic carbocycles. The van der Waals surface area contributed by atoms with E-state index >= 15 is 0 Å². The molecule has 106 valence electrons. The maximum atomic E-state index is 5.92. The maximum Gasteiger partial charge on any atom is 0.117 e. The van der Waals surface area contributed by atoms with Gasteiger partial charge in [0.05, 0.1) is 12.6 Å². The fraction of sp³-hybridized carbons (Fsp3) is 0.750. The highest BCUT2D eigenvalue weighted by atomic mass is 16.5. The van der Waals surface area contributed by atoms with Gasteiger partial charge < -0.3 is 14.5 Å². The molecule has 2 aliphatic rings. The molecule has 0 saturated heterocycles. The van der Waals surface area contributed by atoms with Gasteiger partial charge in [0, 0.05) is 24.5 Å². The summed E-state index contributed by atoms with van der Waals surface area (Å²) in [5.41, 5.74) is 0.217. The monoisotopic (exact) mass is 263 g/mol. The summed E-state index contributed by atoms with van der Waals surface area (Å²) < 4.78 is 11.4. The molecule has 0 amide bonds. The Morgan fingerprint density at radius 2 is 2.11 bits per heavy atom. The summed E-state index contributed by atoms with van der Waals surface area (Å²) in [5.74, 6) is 3.71. The summed E-state index contributed by atoms with van der Waals surface area (Å²) in [6.45, 7) is 7.64. The molecule has 0 radical (unpaired) electrons. The van der Waals surface area contributed by atoms with Gasteiger partial charge in [0.25, 0.3) is 0 Å². The summed E-state index contributed by atoms with van der Waals surface area (Å²) in [4.78, 5) is 0. The standard InChI is InChI=1S/C16H25NO2/c1-10-7-12(10)13-6-5-11(19-13)9-17-14-8-15(18-4)16(14,2)3/h5-6,10,12,14-15,17H,7-9H2,1-4H3. The molecular formula is C16H25NO2. The number of hydrogen-bond acceptors (Lipinski definition) is 3. The van der Waals surface area contributed by atoms with Gasteiger partial charge in [-0.1, -0.05) is 20.8 Å². The van der Waals surface area contributed by atoms with Crippen LogP contribution in [-0.2, 0) is 11.3 Å². The largest absolute Gasteiger partial charge is 0.464 e. The fourth-order valence-electron chi connectivity index (χ4n) is 3.26. The fourth-order valence-corrected chi connectivity index (χ4v) is 3.26. The van der Waals surface area contributed by atoms with Gasteiger partial charge in [-0.2, -0.15) is 0 Å². The molecular weight excluding hydrogens is 238 g/mol. The molecule has 1 aromatic heterocycles. The number of methoxy groups -OCH3 is 1. The van der Waals surface area contributed by atoms with E-state index in [-0.39, 0.29) is 5.41 Å². The van der Waals surface area contributed by atoms with Crippen LogP contribution < -0.4 is 5.32 Å². The van der Waals surface area contributed by atoms with Crippen molar-refractivity contribution in [1.82, 2.24) is 5.32 Å². The van der Waals surface area contributed by atoms with E-state index in [4.69, 9.17) is 9.15 Å². The zero-order valence-corrected chi connectivity index (χ0v) is 12.4. The van der Waals surface area contributed by atoms with E-state index < -0.39 is 0 Å². The van der Waals surface area contributed by atoms with Crippen molar-refractivity contribution in [3.8, 4) is 0 Å². The highest BCUT2D eigenvalue weighted by Gasteiger charge is 2.48. The first-order valence-electron chi connectivity index (χ1n) is 7.37. The van der Waals surface area contributed by atoms with E-state index in [9.17, 15) is 0 Å². The molecule has 3 heteroatoms. The zero-order chi connectivity index (χ0) is 13.6. The molecule has 3 rings (SSSR count). The summed E-state index contributed by atoms with van der Waals surface area (Å²) in [7, 11) is 1.80. The molecule has 4 unspecified atom stereocenters. The third-order valence-electron chi connectivity index (χ3n) is 5.14. The van der Waals surface area contributed by atoms with Gasteiger partial charge in [-0.25, -0.2) is 0 Å². The summed E-state index contributed by atoms with van der Waals surface area (Å²) in [6, 6.07) is 4.79. The number of rotatable bonds is 5. The lowest BCUT2D eigenvalue weighted by atomic mass is 9.64. The molecule has 1 N–H and O–H groups in total. The average molecular weight is 263 g/mol. The van der Waals surface area contributed by atoms with E-state index in [0.29, 0.717) is 18.1 Å². The van der Waals surface area contributed by atoms with Crippen molar-refractivity contribution in [2.75, 3.05) is 7.11 Å². The van der Waals surface area contributed by atoms with Gasteiger partial charge in [0.2, 0.25) is 0 Å². The second kappa shape index (κ2) is 4.64. The Hall–Kier alpha value is -0.800. The van der Waals surface area contributed by atoms with Crippen LogP contribution in [-0.4, -0.2) is 19.3 Å². The second-order valence-electron chi connectivity index (χ2n) is 6.84. The van der Waals surface area contributed by atoms with Crippen LogP contribution in [0.5, 0.6) is 0 Å². The van der Waals surface area contributed by atoms with Crippen molar-refractivity contribution in [2.24, 2.45) is 11.3 Å². The van der Waals surface area contributed by atoms with Crippen LogP contribution in [0.3, 0.4) is 0 Å². The molecule has 2 fully saturated rings. The Kier molecular flexibility index (Phi) is 3.22. The molecule has 1 aromatic rings. The maximum absolute atomic E-state index is 5.92. The van der Waals surface area contributed by atoms with E-state index in [2.05, 4.69) is 38.2 Å². The molecule has 1 heterocycles. The Morgan fingerprint density at radius 1 is 1.37 bits per heavy atom. The quantitative estimate of drug-likeness (QED) is 0.885. The van der Waals surface area contributed by atoms with Gasteiger partial charge >= 0.3 is 0 Å². The number of nitrogens with one attached hydrogen (secondary N) is 1. The lowest BCUT2D eigenvalue weighted by molar-refractivity contribution is -0.0982. The Morgan fingerprint density at radius 3 is 2.68 bits per heavy atom. The van der Waals surface area contributed by atoms with Gasteiger partial charge in [0.1, 0.15) is 11.5 Å². The van der Waals surface area contributed by atoms with Crippen LogP contribution in [0.1, 0.15) is 51.1 Å². The van der Waals surface area contributed by atoms with Crippen LogP contribution in [0.15, 0.2) is 16.5 Å². The SMILES string of the molecule is COC1CC(NCc2ccc(C3CC3C)o2)C1(C)C. The van der Waals surface area contributed by atoms with Crippen molar-refractivity contribution in [3.63, 3.8) is 0 Å². The van der Waals surface area contributed by atoms with Crippen LogP contribution in [0.25, 0.3) is 0 Å². The topological polar surface area (TPSA) is 34.4 Å². The number of ether oxygens (including phenoxy) is 1. The van der Waals surface area contributed by atoms with Gasteiger partial charge in [-0.15, -0.1) is 0 Å². The second-order valence-corrected chi connectivity index (χ2v) is 6.84. The van der Waals surface area contributed by atoms with Gasteiger partial charge in [0.15, 0.2) is 0 Å². The Labute approximate surface area is 115 Å². The molecule has 0 aliphatic heterocycles. The summed E-state index contributed by atoms with van der Waals surface area (Å²) in [6.07, 6.45) is 2.76. The molecule has 2 aliphatic carbocycles. The first kappa shape index (κ1) is 13.2. The van der Waals surface area contributed by atoms with Crippen LogP contribution in [0, 0.1) is 11.3 Å². The number of furan rings is 1. The van der Waals surface area contributed by atoms with Crippen LogP contribution in [0.4, 0.5) is 0 Å². The number of hydrogen-bond donors (Lipinski definition) is 1. The van der Waals surface area contributed by atoms with Crippen LogP contribution in [0.2, 0.25) is 0 Å². The molecule has 4 atom stereocenters. The minimum atomic E-state index is 0.217. The molecule has 19 heavy (non-hydrogen) atoms. The first-order valence-corrected chi connectivity index (χ1v) is 7.37. The van der Waals surface area contributed by atoms with E-state index in [1.54, 1.807) is 7.11 Å². The normalized spacial score (nSPS) is 36.0. The summed E-state index contributed by atoms with van der Waals surface area (Å²) >= 11 is 0. The van der Waals surface area contributed by atoms with E-state index in [1.807, 2.05) is 0 Å². The van der Waals surface area contributed by atoms with Gasteiger partial charge in [-0.05, 0) is 30.9 Å². The van der Waals surface area contributed by atoms with Crippen molar-refractivity contribution < 1.29 is 9.15 Å². The summed E-state index contributed by atoms with van der Waals surface area (Å²) in [5, 5.41) is 3.60. The lowest BCUT2D eigenvalue weighted by Crippen LogP contribution is -2.60. The highest BCUT2D eigenvalue weighted by molar-refractivity contribution is 5.17. The highest BCUT2D eigenvalue weighted by Crippen LogP contribution is 2.47. The van der Waals surface area contributed by atoms with Crippen molar-refractivity contribution in [2.45, 2.75) is 58.2 Å². The van der Waals surface area contributed by atoms with Crippen molar-refractivity contribution in [1.29, 1.82) is 0 Å². The van der Waals surface area contributed by atoms with E-state index in [0.717, 1.165) is 24.6 Å². The third-order valence-corrected chi connectivity index (χ3v) is 5.14. The molecule has 0 spiro atoms.